The van der Waals surface area contributed by atoms with Crippen LogP contribution in [0.3, 0.4) is 0 Å². The van der Waals surface area contributed by atoms with E-state index in [1.54, 1.807) is 10.8 Å². The fourth-order valence-electron chi connectivity index (χ4n) is 2.48. The third-order valence-electron chi connectivity index (χ3n) is 3.90. The predicted octanol–water partition coefficient (Wildman–Crippen LogP) is 3.26. The van der Waals surface area contributed by atoms with Crippen molar-refractivity contribution in [3.8, 4) is 5.75 Å². The molecule has 0 radical (unpaired) electrons. The monoisotopic (exact) mass is 416 g/mol. The first-order chi connectivity index (χ1) is 13.4. The van der Waals surface area contributed by atoms with Gasteiger partial charge in [-0.1, -0.05) is 40.8 Å². The van der Waals surface area contributed by atoms with E-state index >= 15 is 0 Å². The van der Waals surface area contributed by atoms with Crippen molar-refractivity contribution in [2.24, 2.45) is 0 Å². The van der Waals surface area contributed by atoms with Gasteiger partial charge in [-0.15, -0.1) is 10.2 Å². The van der Waals surface area contributed by atoms with Crippen LogP contribution in [0.4, 0.5) is 5.69 Å². The summed E-state index contributed by atoms with van der Waals surface area (Å²) in [5.74, 6) is 0.502. The SMILES string of the molecule is COc1cn(CC(=O)Nc2ccc(C)cc2)c(CSc2nnc(C)s2)cc1=O. The average Bonchev–Trinajstić information content (AvgIpc) is 3.08. The summed E-state index contributed by atoms with van der Waals surface area (Å²) < 4.78 is 7.67. The van der Waals surface area contributed by atoms with Crippen LogP contribution in [0.25, 0.3) is 0 Å². The van der Waals surface area contributed by atoms with E-state index in [1.807, 2.05) is 38.1 Å². The van der Waals surface area contributed by atoms with Crippen LogP contribution in [0.15, 0.2) is 45.7 Å². The Bertz CT molecular complexity index is 1030. The summed E-state index contributed by atoms with van der Waals surface area (Å²) in [5, 5.41) is 11.8. The van der Waals surface area contributed by atoms with Crippen LogP contribution in [-0.2, 0) is 17.1 Å². The Kier molecular flexibility index (Phi) is 6.48. The molecule has 0 saturated heterocycles. The molecule has 0 unspecified atom stereocenters. The summed E-state index contributed by atoms with van der Waals surface area (Å²) >= 11 is 2.97. The van der Waals surface area contributed by atoms with Crippen LogP contribution >= 0.6 is 23.1 Å². The molecule has 146 valence electrons. The number of anilines is 1. The number of aryl methyl sites for hydroxylation is 2. The molecule has 3 rings (SSSR count). The molecule has 0 aliphatic carbocycles. The molecule has 2 aromatic heterocycles. The maximum Gasteiger partial charge on any atom is 0.244 e. The Labute approximate surface area is 170 Å². The van der Waals surface area contributed by atoms with Crippen LogP contribution in [0.2, 0.25) is 0 Å². The van der Waals surface area contributed by atoms with Crippen molar-refractivity contribution in [2.45, 2.75) is 30.5 Å². The van der Waals surface area contributed by atoms with Crippen molar-refractivity contribution < 1.29 is 9.53 Å². The van der Waals surface area contributed by atoms with Crippen LogP contribution < -0.4 is 15.5 Å². The first-order valence-corrected chi connectivity index (χ1v) is 10.3. The number of benzene rings is 1. The zero-order valence-corrected chi connectivity index (χ0v) is 17.4. The van der Waals surface area contributed by atoms with Crippen molar-refractivity contribution >= 4 is 34.7 Å². The van der Waals surface area contributed by atoms with Gasteiger partial charge in [0.25, 0.3) is 0 Å². The molecular weight excluding hydrogens is 396 g/mol. The van der Waals surface area contributed by atoms with E-state index in [1.165, 1.54) is 36.3 Å². The Morgan fingerprint density at radius 1 is 1.25 bits per heavy atom. The summed E-state index contributed by atoms with van der Waals surface area (Å²) in [6, 6.07) is 9.08. The Morgan fingerprint density at radius 2 is 2.00 bits per heavy atom. The third-order valence-corrected chi connectivity index (χ3v) is 5.91. The fraction of sp³-hybridized carbons (Fsp3) is 0.263. The Morgan fingerprint density at radius 3 is 2.64 bits per heavy atom. The molecule has 0 aliphatic rings. The number of ether oxygens (including phenoxy) is 1. The fourth-order valence-corrected chi connectivity index (χ4v) is 4.29. The van der Waals surface area contributed by atoms with Crippen molar-refractivity contribution in [3.63, 3.8) is 0 Å². The van der Waals surface area contributed by atoms with E-state index in [2.05, 4.69) is 15.5 Å². The summed E-state index contributed by atoms with van der Waals surface area (Å²) in [7, 11) is 1.44. The third kappa shape index (κ3) is 5.20. The molecule has 0 aliphatic heterocycles. The molecule has 1 N–H and O–H groups in total. The quantitative estimate of drug-likeness (QED) is 0.595. The van der Waals surface area contributed by atoms with Crippen LogP contribution in [-0.4, -0.2) is 27.8 Å². The maximum absolute atomic E-state index is 12.5. The second kappa shape index (κ2) is 9.03. The zero-order chi connectivity index (χ0) is 20.1. The Hall–Kier alpha value is -2.65. The summed E-state index contributed by atoms with van der Waals surface area (Å²) in [4.78, 5) is 24.7. The lowest BCUT2D eigenvalue weighted by atomic mass is 10.2. The summed E-state index contributed by atoms with van der Waals surface area (Å²) in [5.41, 5.74) is 2.34. The number of hydrogen-bond donors (Lipinski definition) is 1. The topological polar surface area (TPSA) is 86.1 Å². The molecule has 0 bridgehead atoms. The standard InChI is InChI=1S/C19H20N4O3S2/c1-12-4-6-14(7-5-12)20-18(25)10-23-9-17(26-3)16(24)8-15(23)11-27-19-22-21-13(2)28-19/h4-9H,10-11H2,1-3H3,(H,20,25). The number of hydrogen-bond acceptors (Lipinski definition) is 7. The number of nitrogens with one attached hydrogen (secondary N) is 1. The number of methoxy groups -OCH3 is 1. The minimum Gasteiger partial charge on any atom is -0.491 e. The molecule has 28 heavy (non-hydrogen) atoms. The van der Waals surface area contributed by atoms with Gasteiger partial charge in [-0.2, -0.15) is 0 Å². The molecule has 0 atom stereocenters. The van der Waals surface area contributed by atoms with E-state index in [-0.39, 0.29) is 23.6 Å². The summed E-state index contributed by atoms with van der Waals surface area (Å²) in [6.07, 6.45) is 1.57. The highest BCUT2D eigenvalue weighted by Gasteiger charge is 2.12. The first kappa shape index (κ1) is 20.1. The molecule has 7 nitrogen and oxygen atoms in total. The lowest BCUT2D eigenvalue weighted by molar-refractivity contribution is -0.116. The van der Waals surface area contributed by atoms with Crippen molar-refractivity contribution in [2.75, 3.05) is 12.4 Å². The Balaban J connectivity index is 1.77. The van der Waals surface area contributed by atoms with Crippen molar-refractivity contribution in [1.29, 1.82) is 0 Å². The number of carbonyl (C=O) groups excluding carboxylic acids is 1. The molecule has 0 spiro atoms. The normalized spacial score (nSPS) is 10.7. The number of rotatable bonds is 7. The van der Waals surface area contributed by atoms with E-state index in [9.17, 15) is 9.59 Å². The second-order valence-corrected chi connectivity index (χ2v) is 8.52. The molecule has 3 aromatic rings. The van der Waals surface area contributed by atoms with Gasteiger partial charge < -0.3 is 14.6 Å². The predicted molar refractivity (Wildman–Crippen MR) is 111 cm³/mol. The van der Waals surface area contributed by atoms with Crippen LogP contribution in [0.5, 0.6) is 5.75 Å². The highest BCUT2D eigenvalue weighted by molar-refractivity contribution is 8.00. The number of aromatic nitrogens is 3. The van der Waals surface area contributed by atoms with Crippen molar-refractivity contribution in [3.05, 3.63) is 63.0 Å². The van der Waals surface area contributed by atoms with Gasteiger partial charge in [0.1, 0.15) is 11.6 Å². The number of amides is 1. The number of nitrogens with zero attached hydrogens (tertiary/aromatic N) is 3. The lowest BCUT2D eigenvalue weighted by Crippen LogP contribution is -2.22. The average molecular weight is 417 g/mol. The molecule has 0 saturated carbocycles. The van der Waals surface area contributed by atoms with Gasteiger partial charge in [0.05, 0.1) is 13.3 Å². The van der Waals surface area contributed by atoms with Crippen LogP contribution in [0, 0.1) is 13.8 Å². The van der Waals surface area contributed by atoms with E-state index in [4.69, 9.17) is 4.74 Å². The van der Waals surface area contributed by atoms with Crippen LogP contribution in [0.1, 0.15) is 16.3 Å². The molecule has 1 amide bonds. The highest BCUT2D eigenvalue weighted by Crippen LogP contribution is 2.25. The lowest BCUT2D eigenvalue weighted by Gasteiger charge is -2.14. The molecule has 9 heteroatoms. The van der Waals surface area contributed by atoms with Gasteiger partial charge in [-0.25, -0.2) is 0 Å². The van der Waals surface area contributed by atoms with Gasteiger partial charge in [0, 0.05) is 23.2 Å². The molecule has 1 aromatic carbocycles. The smallest absolute Gasteiger partial charge is 0.244 e. The summed E-state index contributed by atoms with van der Waals surface area (Å²) in [6.45, 7) is 3.94. The van der Waals surface area contributed by atoms with E-state index in [0.717, 1.165) is 20.6 Å². The minimum absolute atomic E-state index is 0.0650. The van der Waals surface area contributed by atoms with Gasteiger partial charge in [-0.3, -0.25) is 9.59 Å². The van der Waals surface area contributed by atoms with E-state index in [0.29, 0.717) is 11.4 Å². The maximum atomic E-state index is 12.5. The first-order valence-electron chi connectivity index (χ1n) is 8.51. The van der Waals surface area contributed by atoms with Gasteiger partial charge in [0.2, 0.25) is 11.3 Å². The molecule has 2 heterocycles. The van der Waals surface area contributed by atoms with Gasteiger partial charge >= 0.3 is 0 Å². The molecular formula is C19H20N4O3S2. The number of thioether (sulfide) groups is 1. The van der Waals surface area contributed by atoms with E-state index < -0.39 is 0 Å². The van der Waals surface area contributed by atoms with Crippen molar-refractivity contribution in [1.82, 2.24) is 14.8 Å². The number of pyridine rings is 1. The highest BCUT2D eigenvalue weighted by atomic mass is 32.2. The molecule has 0 fully saturated rings. The zero-order valence-electron chi connectivity index (χ0n) is 15.8. The second-order valence-electron chi connectivity index (χ2n) is 6.12. The largest absolute Gasteiger partial charge is 0.491 e. The van der Waals surface area contributed by atoms with Gasteiger partial charge in [0.15, 0.2) is 10.1 Å². The number of carbonyl (C=O) groups is 1. The minimum atomic E-state index is -0.221. The van der Waals surface area contributed by atoms with Gasteiger partial charge in [-0.05, 0) is 26.0 Å².